The van der Waals surface area contributed by atoms with Gasteiger partial charge in [-0.1, -0.05) is 27.7 Å². The van der Waals surface area contributed by atoms with Crippen LogP contribution in [-0.2, 0) is 0 Å². The molecule has 3 heteroatoms. The number of hydrogen-bond donors (Lipinski definition) is 1. The topological polar surface area (TPSA) is 29.9 Å². The van der Waals surface area contributed by atoms with Crippen LogP contribution in [0.5, 0.6) is 0 Å². The van der Waals surface area contributed by atoms with E-state index >= 15 is 0 Å². The minimum Gasteiger partial charge on any atom is -0.353 e. The number of hydrogen-bond acceptors (Lipinski definition) is 2. The van der Waals surface area contributed by atoms with E-state index in [-0.39, 0.29) is 0 Å². The summed E-state index contributed by atoms with van der Waals surface area (Å²) in [4.78, 5) is 4.48. The number of nitrogens with one attached hydrogen (secondary N) is 1. The molecule has 0 aliphatic heterocycles. The normalized spacial score (nSPS) is 22.7. The lowest BCUT2D eigenvalue weighted by atomic mass is 9.63. The van der Waals surface area contributed by atoms with Crippen molar-refractivity contribution >= 4 is 5.95 Å². The number of nitrogens with zero attached hydrogens (tertiary/aromatic N) is 2. The summed E-state index contributed by atoms with van der Waals surface area (Å²) >= 11 is 0. The van der Waals surface area contributed by atoms with Crippen LogP contribution in [0.3, 0.4) is 0 Å². The second-order valence-corrected chi connectivity index (χ2v) is 8.01. The largest absolute Gasteiger partial charge is 0.353 e. The fourth-order valence-corrected chi connectivity index (χ4v) is 3.97. The van der Waals surface area contributed by atoms with E-state index in [0.717, 1.165) is 5.95 Å². The van der Waals surface area contributed by atoms with Crippen LogP contribution in [-0.4, -0.2) is 15.6 Å². The Labute approximate surface area is 117 Å². The van der Waals surface area contributed by atoms with Gasteiger partial charge in [-0.3, -0.25) is 0 Å². The van der Waals surface area contributed by atoms with Gasteiger partial charge in [-0.15, -0.1) is 0 Å². The molecule has 2 rings (SSSR count). The zero-order valence-electron chi connectivity index (χ0n) is 13.3. The van der Waals surface area contributed by atoms with Crippen LogP contribution < -0.4 is 5.32 Å². The third-order valence-corrected chi connectivity index (χ3v) is 4.11. The predicted octanol–water partition coefficient (Wildman–Crippen LogP) is 4.48. The van der Waals surface area contributed by atoms with Crippen LogP contribution in [0.1, 0.15) is 66.8 Å². The first-order valence-electron chi connectivity index (χ1n) is 7.48. The third kappa shape index (κ3) is 3.52. The lowest BCUT2D eigenvalue weighted by Gasteiger charge is -2.45. The summed E-state index contributed by atoms with van der Waals surface area (Å²) in [5.41, 5.74) is 0.823. The molecule has 1 N–H and O–H groups in total. The summed E-state index contributed by atoms with van der Waals surface area (Å²) in [7, 11) is 0. The minimum atomic E-state index is 0.411. The van der Waals surface area contributed by atoms with Crippen molar-refractivity contribution in [3.63, 3.8) is 0 Å². The van der Waals surface area contributed by atoms with E-state index < -0.39 is 0 Å². The van der Waals surface area contributed by atoms with E-state index in [0.29, 0.717) is 22.9 Å². The summed E-state index contributed by atoms with van der Waals surface area (Å²) in [6, 6.07) is 0.980. The number of anilines is 1. The Morgan fingerprint density at radius 3 is 2.32 bits per heavy atom. The maximum Gasteiger partial charge on any atom is 0.203 e. The molecule has 0 radical (unpaired) electrons. The molecule has 0 unspecified atom stereocenters. The molecule has 19 heavy (non-hydrogen) atoms. The Kier molecular flexibility index (Phi) is 3.67. The highest BCUT2D eigenvalue weighted by atomic mass is 15.2. The van der Waals surface area contributed by atoms with Crippen LogP contribution in [0, 0.1) is 10.8 Å². The van der Waals surface area contributed by atoms with Gasteiger partial charge in [0.25, 0.3) is 0 Å². The first kappa shape index (κ1) is 14.4. The summed E-state index contributed by atoms with van der Waals surface area (Å²) in [6.45, 7) is 13.9. The number of rotatable bonds is 3. The Morgan fingerprint density at radius 2 is 1.79 bits per heavy atom. The Morgan fingerprint density at radius 1 is 1.21 bits per heavy atom. The molecule has 1 aliphatic rings. The van der Waals surface area contributed by atoms with E-state index in [2.05, 4.69) is 62.6 Å². The second kappa shape index (κ2) is 4.84. The van der Waals surface area contributed by atoms with Gasteiger partial charge in [0.05, 0.1) is 0 Å². The minimum absolute atomic E-state index is 0.411. The first-order valence-corrected chi connectivity index (χ1v) is 7.48. The molecule has 0 bridgehead atoms. The Balaban J connectivity index is 2.12. The fourth-order valence-electron chi connectivity index (χ4n) is 3.97. The predicted molar refractivity (Wildman–Crippen MR) is 81.4 cm³/mol. The van der Waals surface area contributed by atoms with Gasteiger partial charge in [0.15, 0.2) is 0 Å². The van der Waals surface area contributed by atoms with Crippen molar-refractivity contribution in [1.29, 1.82) is 0 Å². The molecule has 0 aromatic carbocycles. The highest BCUT2D eigenvalue weighted by molar-refractivity contribution is 5.29. The molecule has 0 spiro atoms. The van der Waals surface area contributed by atoms with Gasteiger partial charge in [0.2, 0.25) is 5.95 Å². The van der Waals surface area contributed by atoms with Crippen molar-refractivity contribution in [2.24, 2.45) is 10.8 Å². The van der Waals surface area contributed by atoms with Crippen LogP contribution in [0.2, 0.25) is 0 Å². The van der Waals surface area contributed by atoms with Crippen LogP contribution >= 0.6 is 0 Å². The molecule has 3 nitrogen and oxygen atoms in total. The van der Waals surface area contributed by atoms with E-state index in [1.54, 1.807) is 0 Å². The second-order valence-electron chi connectivity index (χ2n) is 8.01. The van der Waals surface area contributed by atoms with Crippen molar-refractivity contribution in [2.75, 3.05) is 5.32 Å². The Hall–Kier alpha value is -0.990. The maximum absolute atomic E-state index is 4.48. The maximum atomic E-state index is 4.48. The third-order valence-electron chi connectivity index (χ3n) is 4.11. The smallest absolute Gasteiger partial charge is 0.203 e. The molecule has 108 valence electrons. The van der Waals surface area contributed by atoms with E-state index in [4.69, 9.17) is 0 Å². The monoisotopic (exact) mass is 263 g/mol. The summed E-state index contributed by atoms with van der Waals surface area (Å²) < 4.78 is 2.22. The van der Waals surface area contributed by atoms with Gasteiger partial charge in [-0.05, 0) is 43.9 Å². The molecule has 1 aromatic heterocycles. The molecule has 0 saturated heterocycles. The summed E-state index contributed by atoms with van der Waals surface area (Å²) in [5.74, 6) is 1.02. The van der Waals surface area contributed by atoms with E-state index in [9.17, 15) is 0 Å². The van der Waals surface area contributed by atoms with Crippen LogP contribution in [0.15, 0.2) is 12.4 Å². The van der Waals surface area contributed by atoms with Crippen molar-refractivity contribution in [3.05, 3.63) is 12.4 Å². The lowest BCUT2D eigenvalue weighted by molar-refractivity contribution is 0.105. The SMILES string of the molecule is CC(C)n1ccnc1NC1CC(C)(C)CC(C)(C)C1. The summed E-state index contributed by atoms with van der Waals surface area (Å²) in [6.07, 6.45) is 7.70. The molecule has 1 heterocycles. The highest BCUT2D eigenvalue weighted by Gasteiger charge is 2.38. The molecule has 0 amide bonds. The number of imidazole rings is 1. The molecule has 1 aliphatic carbocycles. The van der Waals surface area contributed by atoms with Gasteiger partial charge in [0.1, 0.15) is 0 Å². The molecule has 1 saturated carbocycles. The summed E-state index contributed by atoms with van der Waals surface area (Å²) in [5, 5.41) is 3.67. The first-order chi connectivity index (χ1) is 8.69. The van der Waals surface area contributed by atoms with Crippen LogP contribution in [0.4, 0.5) is 5.95 Å². The highest BCUT2D eigenvalue weighted by Crippen LogP contribution is 2.46. The zero-order chi connectivity index (χ0) is 14.3. The fraction of sp³-hybridized carbons (Fsp3) is 0.812. The molecule has 1 fully saturated rings. The van der Waals surface area contributed by atoms with Crippen LogP contribution in [0.25, 0.3) is 0 Å². The quantitative estimate of drug-likeness (QED) is 0.871. The van der Waals surface area contributed by atoms with E-state index in [1.807, 2.05) is 6.20 Å². The van der Waals surface area contributed by atoms with Crippen molar-refractivity contribution in [3.8, 4) is 0 Å². The van der Waals surface area contributed by atoms with Crippen molar-refractivity contribution < 1.29 is 0 Å². The average Bonchev–Trinajstić information content (AvgIpc) is 2.60. The molecule has 0 atom stereocenters. The molecular weight excluding hydrogens is 234 g/mol. The lowest BCUT2D eigenvalue weighted by Crippen LogP contribution is -2.40. The van der Waals surface area contributed by atoms with E-state index in [1.165, 1.54) is 19.3 Å². The van der Waals surface area contributed by atoms with Gasteiger partial charge in [-0.2, -0.15) is 0 Å². The average molecular weight is 263 g/mol. The van der Waals surface area contributed by atoms with Crippen molar-refractivity contribution in [2.45, 2.75) is 72.9 Å². The van der Waals surface area contributed by atoms with Crippen molar-refractivity contribution in [1.82, 2.24) is 9.55 Å². The zero-order valence-corrected chi connectivity index (χ0v) is 13.3. The standard InChI is InChI=1S/C16H29N3/c1-12(2)19-8-7-17-14(19)18-13-9-15(3,4)11-16(5,6)10-13/h7-8,12-13H,9-11H2,1-6H3,(H,17,18). The van der Waals surface area contributed by atoms with Gasteiger partial charge in [0, 0.05) is 24.5 Å². The molecular formula is C16H29N3. The van der Waals surface area contributed by atoms with Gasteiger partial charge in [-0.25, -0.2) is 4.98 Å². The number of aromatic nitrogens is 2. The molecule has 1 aromatic rings. The van der Waals surface area contributed by atoms with Gasteiger partial charge < -0.3 is 9.88 Å². The Bertz CT molecular complexity index is 413. The van der Waals surface area contributed by atoms with Gasteiger partial charge >= 0.3 is 0 Å².